The number of carbonyl (C=O) groups excluding carboxylic acids is 1. The first kappa shape index (κ1) is 26.4. The molecule has 0 saturated carbocycles. The Labute approximate surface area is 230 Å². The summed E-state index contributed by atoms with van der Waals surface area (Å²) in [5.41, 5.74) is 4.56. The van der Waals surface area contributed by atoms with E-state index in [0.717, 1.165) is 27.7 Å². The fraction of sp³-hybridized carbons (Fsp3) is 0.258. The Bertz CT molecular complexity index is 1800. The molecule has 1 aliphatic heterocycles. The second kappa shape index (κ2) is 10.5. The van der Waals surface area contributed by atoms with Gasteiger partial charge in [0.25, 0.3) is 5.56 Å². The lowest BCUT2D eigenvalue weighted by Gasteiger charge is -2.25. The molecule has 0 radical (unpaired) electrons. The monoisotopic (exact) mass is 541 g/mol. The zero-order valence-corrected chi connectivity index (χ0v) is 23.5. The van der Waals surface area contributed by atoms with Gasteiger partial charge in [0, 0.05) is 28.7 Å². The molecule has 0 aliphatic carbocycles. The summed E-state index contributed by atoms with van der Waals surface area (Å²) in [6.07, 6.45) is 3.50. The summed E-state index contributed by atoms with van der Waals surface area (Å²) < 4.78 is 15.3. The molecular formula is C31H31N3O4S. The highest BCUT2D eigenvalue weighted by atomic mass is 32.1. The van der Waals surface area contributed by atoms with Crippen molar-refractivity contribution in [2.75, 3.05) is 7.11 Å². The van der Waals surface area contributed by atoms with E-state index in [-0.39, 0.29) is 11.7 Å². The predicted molar refractivity (Wildman–Crippen MR) is 155 cm³/mol. The van der Waals surface area contributed by atoms with Crippen LogP contribution in [0.5, 0.6) is 5.75 Å². The number of rotatable bonds is 7. The molecule has 1 aliphatic rings. The highest BCUT2D eigenvalue weighted by molar-refractivity contribution is 7.07. The molecule has 3 heterocycles. The Morgan fingerprint density at radius 1 is 1.15 bits per heavy atom. The average molecular weight is 542 g/mol. The highest BCUT2D eigenvalue weighted by Crippen LogP contribution is 2.32. The zero-order chi connectivity index (χ0) is 27.8. The number of hydrogen-bond acceptors (Lipinski definition) is 6. The molecule has 7 nitrogen and oxygen atoms in total. The second-order valence-electron chi connectivity index (χ2n) is 9.72. The van der Waals surface area contributed by atoms with Crippen molar-refractivity contribution < 1.29 is 14.3 Å². The number of fused-ring (bicyclic) bond motifs is 2. The number of esters is 1. The summed E-state index contributed by atoms with van der Waals surface area (Å²) >= 11 is 1.32. The molecule has 0 N–H and O–H groups in total. The van der Waals surface area contributed by atoms with Crippen molar-refractivity contribution in [2.45, 2.75) is 46.4 Å². The van der Waals surface area contributed by atoms with Gasteiger partial charge in [0.05, 0.1) is 35.1 Å². The van der Waals surface area contributed by atoms with Crippen LogP contribution in [0.25, 0.3) is 17.0 Å². The van der Waals surface area contributed by atoms with Crippen molar-refractivity contribution in [1.82, 2.24) is 9.13 Å². The van der Waals surface area contributed by atoms with Crippen LogP contribution in [0.1, 0.15) is 43.6 Å². The van der Waals surface area contributed by atoms with Crippen molar-refractivity contribution >= 4 is 34.3 Å². The maximum atomic E-state index is 14.1. The van der Waals surface area contributed by atoms with Gasteiger partial charge in [-0.2, -0.15) is 0 Å². The zero-order valence-electron chi connectivity index (χ0n) is 22.7. The van der Waals surface area contributed by atoms with Gasteiger partial charge in [-0.1, -0.05) is 47.7 Å². The van der Waals surface area contributed by atoms with Gasteiger partial charge in [0.2, 0.25) is 0 Å². The van der Waals surface area contributed by atoms with E-state index in [1.165, 1.54) is 11.3 Å². The maximum Gasteiger partial charge on any atom is 0.338 e. The molecule has 1 atom stereocenters. The van der Waals surface area contributed by atoms with Crippen molar-refractivity contribution in [2.24, 2.45) is 4.99 Å². The van der Waals surface area contributed by atoms with Crippen LogP contribution < -0.4 is 19.6 Å². The van der Waals surface area contributed by atoms with Crippen LogP contribution >= 0.6 is 11.3 Å². The van der Waals surface area contributed by atoms with E-state index >= 15 is 0 Å². The van der Waals surface area contributed by atoms with E-state index in [2.05, 4.69) is 30.2 Å². The lowest BCUT2D eigenvalue weighted by atomic mass is 9.96. The average Bonchev–Trinajstić information content (AvgIpc) is 3.36. The van der Waals surface area contributed by atoms with Gasteiger partial charge in [-0.15, -0.1) is 6.58 Å². The van der Waals surface area contributed by atoms with Crippen LogP contribution in [-0.4, -0.2) is 28.3 Å². The summed E-state index contributed by atoms with van der Waals surface area (Å²) in [7, 11) is 1.60. The number of methoxy groups -OCH3 is 1. The van der Waals surface area contributed by atoms with Gasteiger partial charge in [-0.3, -0.25) is 9.36 Å². The van der Waals surface area contributed by atoms with E-state index < -0.39 is 12.0 Å². The van der Waals surface area contributed by atoms with Gasteiger partial charge in [0.15, 0.2) is 4.80 Å². The minimum Gasteiger partial charge on any atom is -0.497 e. The summed E-state index contributed by atoms with van der Waals surface area (Å²) in [5, 5.41) is 1.06. The lowest BCUT2D eigenvalue weighted by molar-refractivity contribution is -0.143. The largest absolute Gasteiger partial charge is 0.497 e. The molecule has 0 saturated heterocycles. The van der Waals surface area contributed by atoms with E-state index in [1.807, 2.05) is 48.6 Å². The number of benzene rings is 2. The summed E-state index contributed by atoms with van der Waals surface area (Å²) in [6.45, 7) is 12.0. The molecule has 8 heteroatoms. The number of hydrogen-bond donors (Lipinski definition) is 0. The number of allylic oxidation sites excluding steroid dienone is 2. The molecule has 5 rings (SSSR count). The van der Waals surface area contributed by atoms with Crippen molar-refractivity contribution in [3.63, 3.8) is 0 Å². The third-order valence-corrected chi connectivity index (χ3v) is 7.87. The smallest absolute Gasteiger partial charge is 0.338 e. The molecule has 0 amide bonds. The third-order valence-electron chi connectivity index (χ3n) is 6.88. The quantitative estimate of drug-likeness (QED) is 0.252. The molecule has 0 bridgehead atoms. The minimum atomic E-state index is -0.677. The topological polar surface area (TPSA) is 74.8 Å². The summed E-state index contributed by atoms with van der Waals surface area (Å²) in [4.78, 5) is 32.6. The van der Waals surface area contributed by atoms with Crippen LogP contribution in [-0.2, 0) is 16.1 Å². The standard InChI is InChI=1S/C31H31N3O4S/c1-7-16-33-20(5)24(23-10-8-9-11-25(23)33)17-26-29(35)34-28(21-12-14-22(37-6)15-13-21)27(30(36)38-18(2)3)19(4)32-31(34)39-26/h7-15,17-18,28H,1,16H2,2-6H3/b26-17+. The number of ether oxygens (including phenoxy) is 2. The Hall–Kier alpha value is -4.17. The Morgan fingerprint density at radius 3 is 2.54 bits per heavy atom. The fourth-order valence-electron chi connectivity index (χ4n) is 5.10. The first-order chi connectivity index (χ1) is 18.7. The summed E-state index contributed by atoms with van der Waals surface area (Å²) in [5.74, 6) is 0.203. The van der Waals surface area contributed by atoms with Gasteiger partial charge >= 0.3 is 5.97 Å². The molecule has 2 aromatic heterocycles. The van der Waals surface area contributed by atoms with Gasteiger partial charge in [0.1, 0.15) is 5.75 Å². The third kappa shape index (κ3) is 4.65. The van der Waals surface area contributed by atoms with Crippen LogP contribution in [0.15, 0.2) is 82.2 Å². The van der Waals surface area contributed by atoms with E-state index in [4.69, 9.17) is 14.5 Å². The van der Waals surface area contributed by atoms with Gasteiger partial charge in [-0.05, 0) is 57.5 Å². The van der Waals surface area contributed by atoms with Crippen molar-refractivity contribution in [1.29, 1.82) is 0 Å². The Balaban J connectivity index is 1.75. The lowest BCUT2D eigenvalue weighted by Crippen LogP contribution is -2.40. The van der Waals surface area contributed by atoms with E-state index in [0.29, 0.717) is 32.9 Å². The molecule has 4 aromatic rings. The van der Waals surface area contributed by atoms with E-state index in [1.54, 1.807) is 32.4 Å². The van der Waals surface area contributed by atoms with E-state index in [9.17, 15) is 9.59 Å². The highest BCUT2D eigenvalue weighted by Gasteiger charge is 2.34. The van der Waals surface area contributed by atoms with Crippen molar-refractivity contribution in [3.05, 3.63) is 109 Å². The first-order valence-corrected chi connectivity index (χ1v) is 13.6. The molecule has 2 aromatic carbocycles. The molecule has 1 unspecified atom stereocenters. The molecule has 39 heavy (non-hydrogen) atoms. The Kier molecular flexibility index (Phi) is 7.14. The Morgan fingerprint density at radius 2 is 1.87 bits per heavy atom. The number of para-hydroxylation sites is 1. The number of thiazole rings is 1. The molecule has 0 fully saturated rings. The number of nitrogens with zero attached hydrogens (tertiary/aromatic N) is 3. The normalized spacial score (nSPS) is 15.4. The number of aromatic nitrogens is 2. The van der Waals surface area contributed by atoms with Crippen LogP contribution in [0, 0.1) is 6.92 Å². The maximum absolute atomic E-state index is 14.1. The van der Waals surface area contributed by atoms with Crippen LogP contribution in [0.3, 0.4) is 0 Å². The summed E-state index contributed by atoms with van der Waals surface area (Å²) in [6, 6.07) is 14.9. The van der Waals surface area contributed by atoms with Gasteiger partial charge in [-0.25, -0.2) is 9.79 Å². The first-order valence-electron chi connectivity index (χ1n) is 12.8. The molecule has 0 spiro atoms. The second-order valence-corrected chi connectivity index (χ2v) is 10.7. The van der Waals surface area contributed by atoms with Crippen molar-refractivity contribution in [3.8, 4) is 5.75 Å². The molecular weight excluding hydrogens is 510 g/mol. The number of carbonyl (C=O) groups is 1. The van der Waals surface area contributed by atoms with Crippen LogP contribution in [0.2, 0.25) is 0 Å². The van der Waals surface area contributed by atoms with Crippen LogP contribution in [0.4, 0.5) is 0 Å². The SMILES string of the molecule is C=CCn1c(C)c(/C=c2/sc3n(c2=O)C(c2ccc(OC)cc2)C(C(=O)OC(C)C)=C(C)N=3)c2ccccc21. The van der Waals surface area contributed by atoms with Gasteiger partial charge < -0.3 is 14.0 Å². The fourth-order valence-corrected chi connectivity index (χ4v) is 6.13. The predicted octanol–water partition coefficient (Wildman–Crippen LogP) is 4.64. The molecule has 200 valence electrons. The minimum absolute atomic E-state index is 0.207.